The molecule has 0 bridgehead atoms. The van der Waals surface area contributed by atoms with Crippen LogP contribution in [0.5, 0.6) is 0 Å². The van der Waals surface area contributed by atoms with Crippen LogP contribution in [0.4, 0.5) is 0 Å². The smallest absolute Gasteiger partial charge is 0.193 e. The third-order valence-corrected chi connectivity index (χ3v) is 1.43. The molecule has 0 aliphatic carbocycles. The molecule has 80 valence electrons. The first-order valence-electron chi connectivity index (χ1n) is 6.89. The van der Waals surface area contributed by atoms with Crippen LogP contribution in [0.25, 0.3) is 0 Å². The second-order valence-corrected chi connectivity index (χ2v) is 2.78. The fourth-order valence-electron chi connectivity index (χ4n) is 0.852. The van der Waals surface area contributed by atoms with Gasteiger partial charge in [0.25, 0.3) is 0 Å². The maximum absolute atomic E-state index is 7.91. The van der Waals surface area contributed by atoms with Gasteiger partial charge in [-0.3, -0.25) is 10.8 Å². The van der Waals surface area contributed by atoms with E-state index in [1.165, 1.54) is 25.1 Å². The van der Waals surface area contributed by atoms with Gasteiger partial charge in [-0.15, -0.1) is 0 Å². The van der Waals surface area contributed by atoms with Crippen molar-refractivity contribution in [3.63, 3.8) is 0 Å². The van der Waals surface area contributed by atoms with E-state index in [1.54, 1.807) is 0 Å². The highest BCUT2D eigenvalue weighted by Gasteiger charge is 1.95. The molecule has 15 heavy (non-hydrogen) atoms. The molecule has 0 spiro atoms. The molecule has 1 unspecified atom stereocenters. The Kier molecular flexibility index (Phi) is 2.28. The largest absolute Gasteiger partial charge is 0.356 e. The Bertz CT molecular complexity index is 532. The summed E-state index contributed by atoms with van der Waals surface area (Å²) in [5.41, 5.74) is 0.0883. The zero-order chi connectivity index (χ0) is 15.5. The number of rotatable bonds is 3. The Hall–Kier alpha value is -1.84. The van der Waals surface area contributed by atoms with E-state index in [1.807, 2.05) is 0 Å². The standard InChI is InChI=1S/C11H16N4/c1-9(12)15-11(13)14-8-7-10-5-3-2-4-6-10/h2-6H,7-8H2,1H3,(H4,12,13,14,15)/i2D,3D,7D2,8D. The number of guanidine groups is 1. The Labute approximate surface area is 96.8 Å². The molecular weight excluding hydrogens is 188 g/mol. The van der Waals surface area contributed by atoms with E-state index < -0.39 is 12.9 Å². The summed E-state index contributed by atoms with van der Waals surface area (Å²) in [6.45, 7) is -0.0683. The van der Waals surface area contributed by atoms with Gasteiger partial charge in [-0.25, -0.2) is 0 Å². The van der Waals surface area contributed by atoms with E-state index in [9.17, 15) is 0 Å². The van der Waals surface area contributed by atoms with Crippen molar-refractivity contribution in [1.29, 1.82) is 10.8 Å². The summed E-state index contributed by atoms with van der Waals surface area (Å²) in [5.74, 6) is -0.341. The van der Waals surface area contributed by atoms with Gasteiger partial charge in [0.2, 0.25) is 0 Å². The Balaban J connectivity index is 2.88. The van der Waals surface area contributed by atoms with E-state index in [2.05, 4.69) is 10.6 Å². The molecule has 1 rings (SSSR count). The quantitative estimate of drug-likeness (QED) is 0.448. The molecule has 4 heteroatoms. The van der Waals surface area contributed by atoms with Gasteiger partial charge in [0.1, 0.15) is 0 Å². The van der Waals surface area contributed by atoms with Crippen LogP contribution in [0.1, 0.15) is 19.3 Å². The average Bonchev–Trinajstić information content (AvgIpc) is 2.31. The van der Waals surface area contributed by atoms with Gasteiger partial charge in [-0.1, -0.05) is 30.3 Å². The zero-order valence-corrected chi connectivity index (χ0v) is 8.31. The van der Waals surface area contributed by atoms with Crippen molar-refractivity contribution in [1.82, 2.24) is 10.6 Å². The Morgan fingerprint density at radius 3 is 2.93 bits per heavy atom. The normalized spacial score (nSPS) is 17.3. The van der Waals surface area contributed by atoms with Gasteiger partial charge >= 0.3 is 0 Å². The molecule has 0 aromatic heterocycles. The number of hydrogen-bond acceptors (Lipinski definition) is 2. The molecule has 1 atom stereocenters. The van der Waals surface area contributed by atoms with Crippen molar-refractivity contribution in [2.24, 2.45) is 0 Å². The Morgan fingerprint density at radius 2 is 2.27 bits per heavy atom. The number of nitrogens with one attached hydrogen (secondary N) is 4. The minimum Gasteiger partial charge on any atom is -0.356 e. The molecular formula is C11H16N4. The molecule has 0 aliphatic rings. The van der Waals surface area contributed by atoms with Crippen molar-refractivity contribution in [2.75, 3.05) is 6.52 Å². The molecule has 1 aromatic rings. The summed E-state index contributed by atoms with van der Waals surface area (Å²) in [6, 6.07) is 3.70. The SMILES string of the molecule is [2H]c1ccc(C([2H])([2H])C([2H])NC(=N)NC(C)=N)cc1[2H]. The van der Waals surface area contributed by atoms with E-state index in [4.69, 9.17) is 17.7 Å². The lowest BCUT2D eigenvalue weighted by Gasteiger charge is -2.08. The van der Waals surface area contributed by atoms with E-state index in [-0.39, 0.29) is 29.4 Å². The zero-order valence-electron chi connectivity index (χ0n) is 13.3. The molecule has 0 radical (unpaired) electrons. The fraction of sp³-hybridized carbons (Fsp3) is 0.273. The third-order valence-electron chi connectivity index (χ3n) is 1.43. The van der Waals surface area contributed by atoms with Crippen molar-refractivity contribution >= 4 is 11.8 Å². The maximum Gasteiger partial charge on any atom is 0.193 e. The summed E-state index contributed by atoms with van der Waals surface area (Å²) in [4.78, 5) is 0. The Morgan fingerprint density at radius 1 is 1.47 bits per heavy atom. The fourth-order valence-corrected chi connectivity index (χ4v) is 0.852. The molecule has 0 fully saturated rings. The molecule has 4 N–H and O–H groups in total. The van der Waals surface area contributed by atoms with Crippen molar-refractivity contribution in [2.45, 2.75) is 13.3 Å². The summed E-state index contributed by atoms with van der Waals surface area (Å²) >= 11 is 0. The van der Waals surface area contributed by atoms with Crippen LogP contribution in [-0.4, -0.2) is 18.3 Å². The highest BCUT2D eigenvalue weighted by atomic mass is 15.1. The minimum absolute atomic E-state index is 0.00210. The van der Waals surface area contributed by atoms with Crippen molar-refractivity contribution < 1.29 is 6.85 Å². The predicted octanol–water partition coefficient (Wildman–Crippen LogP) is 1.34. The van der Waals surface area contributed by atoms with Gasteiger partial charge in [-0.05, 0) is 18.9 Å². The first-order chi connectivity index (χ1) is 9.14. The topological polar surface area (TPSA) is 71.8 Å². The second kappa shape index (κ2) is 5.80. The summed E-state index contributed by atoms with van der Waals surface area (Å²) in [5, 5.41) is 19.2. The third kappa shape index (κ3) is 4.81. The van der Waals surface area contributed by atoms with Crippen LogP contribution in [-0.2, 0) is 6.37 Å². The first kappa shape index (κ1) is 5.90. The van der Waals surface area contributed by atoms with Crippen LogP contribution >= 0.6 is 0 Å². The number of amidine groups is 1. The van der Waals surface area contributed by atoms with Gasteiger partial charge in [0.05, 0.1) is 8.58 Å². The van der Waals surface area contributed by atoms with Crippen LogP contribution in [0, 0.1) is 10.8 Å². The van der Waals surface area contributed by atoms with Crippen molar-refractivity contribution in [3.8, 4) is 0 Å². The monoisotopic (exact) mass is 209 g/mol. The highest BCUT2D eigenvalue weighted by Crippen LogP contribution is 1.97. The number of aryl methyl sites for hydroxylation is 1. The highest BCUT2D eigenvalue weighted by molar-refractivity contribution is 5.95. The first-order valence-corrected chi connectivity index (χ1v) is 4.32. The van der Waals surface area contributed by atoms with Gasteiger partial charge in [0, 0.05) is 10.6 Å². The van der Waals surface area contributed by atoms with Gasteiger partial charge in [-0.2, -0.15) is 0 Å². The molecule has 0 amide bonds. The van der Waals surface area contributed by atoms with Crippen LogP contribution < -0.4 is 10.6 Å². The van der Waals surface area contributed by atoms with Crippen molar-refractivity contribution in [3.05, 3.63) is 35.8 Å². The second-order valence-electron chi connectivity index (χ2n) is 2.78. The van der Waals surface area contributed by atoms with Crippen LogP contribution in [0.15, 0.2) is 30.3 Å². The van der Waals surface area contributed by atoms with Crippen LogP contribution in [0.3, 0.4) is 0 Å². The van der Waals surface area contributed by atoms with Crippen LogP contribution in [0.2, 0.25) is 0 Å². The summed E-state index contributed by atoms with van der Waals surface area (Å²) in [7, 11) is 0. The lowest BCUT2D eigenvalue weighted by atomic mass is 10.1. The predicted molar refractivity (Wildman–Crippen MR) is 62.4 cm³/mol. The lowest BCUT2D eigenvalue weighted by molar-refractivity contribution is 0.842. The molecule has 4 nitrogen and oxygen atoms in total. The van der Waals surface area contributed by atoms with E-state index in [0.717, 1.165) is 0 Å². The maximum atomic E-state index is 7.91. The minimum atomic E-state index is -2.15. The molecule has 0 heterocycles. The molecule has 0 saturated heterocycles. The molecule has 0 aliphatic heterocycles. The van der Waals surface area contributed by atoms with Gasteiger partial charge in [0.15, 0.2) is 5.96 Å². The number of benzene rings is 1. The van der Waals surface area contributed by atoms with E-state index in [0.29, 0.717) is 0 Å². The lowest BCUT2D eigenvalue weighted by Crippen LogP contribution is -2.39. The van der Waals surface area contributed by atoms with Gasteiger partial charge < -0.3 is 10.6 Å². The summed E-state index contributed by atoms with van der Waals surface area (Å²) in [6.07, 6.45) is -2.15. The van der Waals surface area contributed by atoms with E-state index >= 15 is 0 Å². The molecule has 1 aromatic carbocycles. The summed E-state index contributed by atoms with van der Waals surface area (Å²) < 4.78 is 38.5. The number of hydrogen-bond donors (Lipinski definition) is 4. The molecule has 0 saturated carbocycles. The average molecular weight is 209 g/mol.